The Morgan fingerprint density at radius 2 is 2.00 bits per heavy atom. The first-order chi connectivity index (χ1) is 11.5. The number of carbonyl (C=O) groups is 2. The number of thiophene rings is 1. The fourth-order valence-corrected chi connectivity index (χ4v) is 4.80. The molecule has 0 bridgehead atoms. The number of hydrogen-bond donors (Lipinski definition) is 1. The quantitative estimate of drug-likeness (QED) is 0.873. The molecule has 0 atom stereocenters. The van der Waals surface area contributed by atoms with E-state index >= 15 is 0 Å². The number of nitrogens with zero attached hydrogens (tertiary/aromatic N) is 1. The zero-order valence-electron chi connectivity index (χ0n) is 12.5. The summed E-state index contributed by atoms with van der Waals surface area (Å²) in [4.78, 5) is 24.9. The molecule has 2 heterocycles. The Morgan fingerprint density at radius 3 is 2.67 bits per heavy atom. The molecule has 1 aliphatic heterocycles. The molecule has 1 N–H and O–H groups in total. The molecule has 1 aromatic carbocycles. The monoisotopic (exact) mass is 366 g/mol. The van der Waals surface area contributed by atoms with E-state index in [4.69, 9.17) is 4.74 Å². The molecule has 9 heteroatoms. The number of nitrogens with one attached hydrogen (secondary N) is 1. The number of benzene rings is 1. The highest BCUT2D eigenvalue weighted by molar-refractivity contribution is 7.91. The number of carbonyl (C=O) groups excluding carboxylic acids is 2. The van der Waals surface area contributed by atoms with E-state index in [-0.39, 0.29) is 28.6 Å². The van der Waals surface area contributed by atoms with Gasteiger partial charge in [-0.15, -0.1) is 11.3 Å². The Balaban J connectivity index is 1.78. The van der Waals surface area contributed by atoms with Crippen LogP contribution in [-0.2, 0) is 19.4 Å². The molecular weight excluding hydrogens is 352 g/mol. The molecule has 0 aliphatic carbocycles. The van der Waals surface area contributed by atoms with Crippen molar-refractivity contribution in [3.63, 3.8) is 0 Å². The normalized spacial score (nSPS) is 14.5. The first-order valence-electron chi connectivity index (χ1n) is 7.06. The average Bonchev–Trinajstić information content (AvgIpc) is 3.18. The predicted octanol–water partition coefficient (Wildman–Crippen LogP) is 1.97. The topological polar surface area (TPSA) is 92.8 Å². The zero-order valence-corrected chi connectivity index (χ0v) is 14.1. The van der Waals surface area contributed by atoms with Gasteiger partial charge in [0.15, 0.2) is 0 Å². The van der Waals surface area contributed by atoms with Gasteiger partial charge in [0.05, 0.1) is 17.1 Å². The number of anilines is 1. The third kappa shape index (κ3) is 3.26. The van der Waals surface area contributed by atoms with Gasteiger partial charge in [-0.3, -0.25) is 9.69 Å². The first kappa shape index (κ1) is 16.5. The van der Waals surface area contributed by atoms with Crippen molar-refractivity contribution in [1.29, 1.82) is 0 Å². The van der Waals surface area contributed by atoms with Gasteiger partial charge in [-0.25, -0.2) is 13.2 Å². The molecule has 2 amide bonds. The molecule has 24 heavy (non-hydrogen) atoms. The minimum absolute atomic E-state index is 0.0380. The minimum Gasteiger partial charge on any atom is -0.448 e. The third-order valence-corrected chi connectivity index (χ3v) is 6.13. The van der Waals surface area contributed by atoms with Gasteiger partial charge in [0.2, 0.25) is 15.7 Å². The fourth-order valence-electron chi connectivity index (χ4n) is 2.24. The predicted molar refractivity (Wildman–Crippen MR) is 87.8 cm³/mol. The van der Waals surface area contributed by atoms with Crippen molar-refractivity contribution in [1.82, 2.24) is 4.90 Å². The summed E-state index contributed by atoms with van der Waals surface area (Å²) in [7, 11) is -3.72. The van der Waals surface area contributed by atoms with Gasteiger partial charge in [0.1, 0.15) is 18.0 Å². The Hall–Kier alpha value is -2.39. The van der Waals surface area contributed by atoms with Crippen LogP contribution in [0.15, 0.2) is 50.9 Å². The van der Waals surface area contributed by atoms with E-state index in [0.717, 1.165) is 0 Å². The van der Waals surface area contributed by atoms with Crippen molar-refractivity contribution < 1.29 is 22.7 Å². The van der Waals surface area contributed by atoms with Crippen molar-refractivity contribution in [2.45, 2.75) is 9.79 Å². The van der Waals surface area contributed by atoms with E-state index in [1.807, 2.05) is 0 Å². The molecule has 0 spiro atoms. The van der Waals surface area contributed by atoms with Crippen LogP contribution in [-0.4, -0.2) is 45.0 Å². The second kappa shape index (κ2) is 6.62. The molecule has 1 aliphatic rings. The van der Waals surface area contributed by atoms with Crippen LogP contribution in [0.5, 0.6) is 0 Å². The summed E-state index contributed by atoms with van der Waals surface area (Å²) < 4.78 is 30.1. The summed E-state index contributed by atoms with van der Waals surface area (Å²) in [6, 6.07) is 8.00. The van der Waals surface area contributed by atoms with Gasteiger partial charge in [0, 0.05) is 10.8 Å². The highest BCUT2D eigenvalue weighted by Gasteiger charge is 2.26. The molecule has 1 fully saturated rings. The summed E-state index contributed by atoms with van der Waals surface area (Å²) >= 11 is 1.17. The van der Waals surface area contributed by atoms with Crippen molar-refractivity contribution in [2.24, 2.45) is 0 Å². The highest BCUT2D eigenvalue weighted by atomic mass is 32.2. The first-order valence-corrected chi connectivity index (χ1v) is 9.49. The van der Waals surface area contributed by atoms with Crippen LogP contribution in [0.2, 0.25) is 0 Å². The van der Waals surface area contributed by atoms with Gasteiger partial charge >= 0.3 is 6.09 Å². The maximum Gasteiger partial charge on any atom is 0.410 e. The van der Waals surface area contributed by atoms with Crippen LogP contribution < -0.4 is 5.32 Å². The number of rotatable bonds is 5. The Bertz CT molecular complexity index is 861. The van der Waals surface area contributed by atoms with Gasteiger partial charge in [-0.2, -0.15) is 0 Å². The van der Waals surface area contributed by atoms with E-state index in [0.29, 0.717) is 6.54 Å². The number of ether oxygens (including phenoxy) is 1. The van der Waals surface area contributed by atoms with Crippen molar-refractivity contribution in [2.75, 3.05) is 25.0 Å². The van der Waals surface area contributed by atoms with Gasteiger partial charge < -0.3 is 10.1 Å². The summed E-state index contributed by atoms with van der Waals surface area (Å²) in [5.74, 6) is -0.475. The summed E-state index contributed by atoms with van der Waals surface area (Å²) in [6.45, 7) is 0.406. The molecular formula is C15H14N2O5S2. The van der Waals surface area contributed by atoms with Crippen molar-refractivity contribution in [3.8, 4) is 0 Å². The number of sulfone groups is 1. The lowest BCUT2D eigenvalue weighted by molar-refractivity contribution is -0.116. The Labute approximate surface area is 142 Å². The lowest BCUT2D eigenvalue weighted by Gasteiger charge is -2.13. The lowest BCUT2D eigenvalue weighted by atomic mass is 10.4. The van der Waals surface area contributed by atoms with Crippen LogP contribution in [0.1, 0.15) is 0 Å². The van der Waals surface area contributed by atoms with Crippen LogP contribution in [0.25, 0.3) is 0 Å². The van der Waals surface area contributed by atoms with Gasteiger partial charge in [-0.05, 0) is 12.1 Å². The summed E-state index contributed by atoms with van der Waals surface area (Å²) in [5, 5.41) is 5.58. The SMILES string of the molecule is O=C(CN1CCOC1=O)Nc1cscc1S(=O)(=O)c1ccccc1. The molecule has 1 aromatic heterocycles. The molecule has 7 nitrogen and oxygen atoms in total. The third-order valence-electron chi connectivity index (χ3n) is 3.42. The second-order valence-electron chi connectivity index (χ2n) is 5.05. The zero-order chi connectivity index (χ0) is 17.2. The maximum atomic E-state index is 12.7. The molecule has 126 valence electrons. The van der Waals surface area contributed by atoms with E-state index < -0.39 is 21.8 Å². The molecule has 0 unspecified atom stereocenters. The standard InChI is InChI=1S/C15H14N2O5S2/c18-14(8-17-6-7-22-15(17)19)16-12-9-23-10-13(12)24(20,21)11-4-2-1-3-5-11/h1-5,9-10H,6-8H2,(H,16,18). The number of cyclic esters (lactones) is 1. The summed E-state index contributed by atoms with van der Waals surface area (Å²) in [5.41, 5.74) is 0.210. The number of hydrogen-bond acceptors (Lipinski definition) is 6. The van der Waals surface area contributed by atoms with Crippen molar-refractivity contribution >= 4 is 38.9 Å². The van der Waals surface area contributed by atoms with Crippen LogP contribution >= 0.6 is 11.3 Å². The highest BCUT2D eigenvalue weighted by Crippen LogP contribution is 2.31. The van der Waals surface area contributed by atoms with Gasteiger partial charge in [-0.1, -0.05) is 18.2 Å². The van der Waals surface area contributed by atoms with E-state index in [9.17, 15) is 18.0 Å². The smallest absolute Gasteiger partial charge is 0.410 e. The van der Waals surface area contributed by atoms with Gasteiger partial charge in [0.25, 0.3) is 0 Å². The van der Waals surface area contributed by atoms with E-state index in [2.05, 4.69) is 5.32 Å². The lowest BCUT2D eigenvalue weighted by Crippen LogP contribution is -2.33. The Morgan fingerprint density at radius 1 is 1.25 bits per heavy atom. The van der Waals surface area contributed by atoms with Crippen LogP contribution in [0, 0.1) is 0 Å². The second-order valence-corrected chi connectivity index (χ2v) is 7.71. The largest absolute Gasteiger partial charge is 0.448 e. The molecule has 2 aromatic rings. The minimum atomic E-state index is -3.72. The maximum absolute atomic E-state index is 12.7. The summed E-state index contributed by atoms with van der Waals surface area (Å²) in [6.07, 6.45) is -0.549. The van der Waals surface area contributed by atoms with E-state index in [1.165, 1.54) is 33.7 Å². The molecule has 3 rings (SSSR count). The van der Waals surface area contributed by atoms with Crippen LogP contribution in [0.3, 0.4) is 0 Å². The molecule has 0 radical (unpaired) electrons. The average molecular weight is 366 g/mol. The van der Waals surface area contributed by atoms with E-state index in [1.54, 1.807) is 23.6 Å². The molecule has 0 saturated carbocycles. The number of amides is 2. The van der Waals surface area contributed by atoms with Crippen molar-refractivity contribution in [3.05, 3.63) is 41.1 Å². The molecule has 1 saturated heterocycles. The fraction of sp³-hybridized carbons (Fsp3) is 0.200. The Kier molecular flexibility index (Phi) is 4.54. The van der Waals surface area contributed by atoms with Crippen LogP contribution in [0.4, 0.5) is 10.5 Å².